The van der Waals surface area contributed by atoms with Gasteiger partial charge in [0.05, 0.1) is 6.04 Å². The van der Waals surface area contributed by atoms with Crippen molar-refractivity contribution in [2.75, 3.05) is 13.1 Å². The number of benzene rings is 2. The van der Waals surface area contributed by atoms with E-state index < -0.39 is 0 Å². The minimum atomic E-state index is -0.134. The van der Waals surface area contributed by atoms with Crippen LogP contribution in [0.3, 0.4) is 0 Å². The number of hydrogen-bond acceptors (Lipinski definition) is 3. The average molecular weight is 515 g/mol. The highest BCUT2D eigenvalue weighted by Gasteiger charge is 2.34. The first kappa shape index (κ1) is 26.9. The van der Waals surface area contributed by atoms with Crippen molar-refractivity contribution in [2.45, 2.75) is 65.0 Å². The summed E-state index contributed by atoms with van der Waals surface area (Å²) in [6.45, 7) is 11.4. The maximum atomic E-state index is 13.9. The van der Waals surface area contributed by atoms with Crippen LogP contribution in [-0.4, -0.2) is 40.7 Å². The van der Waals surface area contributed by atoms with Gasteiger partial charge in [0.15, 0.2) is 0 Å². The van der Waals surface area contributed by atoms with Gasteiger partial charge in [0, 0.05) is 23.5 Å². The number of carbonyl (C=O) groups excluding carboxylic acids is 2. The molecule has 4 nitrogen and oxygen atoms in total. The molecule has 1 aliphatic heterocycles. The average Bonchev–Trinajstić information content (AvgIpc) is 3.38. The molecule has 1 aromatic heterocycles. The van der Waals surface area contributed by atoms with E-state index in [1.165, 1.54) is 16.0 Å². The normalized spacial score (nSPS) is 16.5. The molecule has 2 aromatic carbocycles. The van der Waals surface area contributed by atoms with Gasteiger partial charge in [-0.25, -0.2) is 0 Å². The molecule has 4 rings (SSSR count). The molecule has 0 aliphatic carbocycles. The second-order valence-corrected chi connectivity index (χ2v) is 11.9. The van der Waals surface area contributed by atoms with Crippen molar-refractivity contribution in [3.05, 3.63) is 99.3 Å². The number of amides is 2. The maximum Gasteiger partial charge on any atom is 0.247 e. The van der Waals surface area contributed by atoms with Crippen LogP contribution in [0.5, 0.6) is 0 Å². The minimum Gasteiger partial charge on any atom is -0.330 e. The second kappa shape index (κ2) is 11.5. The van der Waals surface area contributed by atoms with Gasteiger partial charge < -0.3 is 9.80 Å². The molecule has 0 saturated carbocycles. The summed E-state index contributed by atoms with van der Waals surface area (Å²) < 4.78 is 0. The van der Waals surface area contributed by atoms with Gasteiger partial charge >= 0.3 is 0 Å². The fraction of sp³-hybridized carbons (Fsp3) is 0.375. The molecule has 3 aromatic rings. The maximum absolute atomic E-state index is 13.9. The molecule has 194 valence electrons. The minimum absolute atomic E-state index is 0.0106. The molecular formula is C32H38N2O2S. The monoisotopic (exact) mass is 514 g/mol. The van der Waals surface area contributed by atoms with Crippen LogP contribution < -0.4 is 0 Å². The molecule has 0 saturated heterocycles. The Kier molecular flexibility index (Phi) is 8.33. The Hall–Kier alpha value is -3.18. The van der Waals surface area contributed by atoms with E-state index in [4.69, 9.17) is 0 Å². The molecule has 0 unspecified atom stereocenters. The number of hydrogen-bond donors (Lipinski definition) is 0. The van der Waals surface area contributed by atoms with Crippen molar-refractivity contribution in [1.29, 1.82) is 0 Å². The van der Waals surface area contributed by atoms with E-state index in [1.54, 1.807) is 22.3 Å². The molecule has 0 bridgehead atoms. The fourth-order valence-corrected chi connectivity index (χ4v) is 5.75. The van der Waals surface area contributed by atoms with Crippen LogP contribution in [0.2, 0.25) is 0 Å². The van der Waals surface area contributed by atoms with Crippen LogP contribution in [0.25, 0.3) is 6.08 Å². The van der Waals surface area contributed by atoms with E-state index in [1.807, 2.05) is 48.2 Å². The summed E-state index contributed by atoms with van der Waals surface area (Å²) in [5, 5.41) is 2.12. The summed E-state index contributed by atoms with van der Waals surface area (Å²) in [7, 11) is 0. The summed E-state index contributed by atoms with van der Waals surface area (Å²) >= 11 is 1.77. The second-order valence-electron chi connectivity index (χ2n) is 10.9. The summed E-state index contributed by atoms with van der Waals surface area (Å²) in [6, 6.07) is 20.4. The fourth-order valence-electron chi connectivity index (χ4n) is 4.85. The molecule has 0 radical (unpaired) electrons. The molecule has 2 atom stereocenters. The van der Waals surface area contributed by atoms with E-state index in [2.05, 4.69) is 63.4 Å². The van der Waals surface area contributed by atoms with Gasteiger partial charge in [-0.05, 0) is 65.0 Å². The first-order chi connectivity index (χ1) is 17.7. The lowest BCUT2D eigenvalue weighted by molar-refractivity contribution is -0.141. The topological polar surface area (TPSA) is 40.6 Å². The number of fused-ring (bicyclic) bond motifs is 1. The summed E-state index contributed by atoms with van der Waals surface area (Å²) in [4.78, 5) is 32.1. The van der Waals surface area contributed by atoms with Crippen LogP contribution in [-0.2, 0) is 21.4 Å². The smallest absolute Gasteiger partial charge is 0.247 e. The largest absolute Gasteiger partial charge is 0.330 e. The Balaban J connectivity index is 1.59. The van der Waals surface area contributed by atoms with Gasteiger partial charge in [0.2, 0.25) is 11.8 Å². The van der Waals surface area contributed by atoms with Crippen LogP contribution in [0.1, 0.15) is 74.2 Å². The number of thiophene rings is 1. The van der Waals surface area contributed by atoms with Gasteiger partial charge in [0.1, 0.15) is 6.54 Å². The Morgan fingerprint density at radius 3 is 2.43 bits per heavy atom. The van der Waals surface area contributed by atoms with Crippen LogP contribution in [0.4, 0.5) is 0 Å². The van der Waals surface area contributed by atoms with Gasteiger partial charge in [-0.15, -0.1) is 11.3 Å². The van der Waals surface area contributed by atoms with E-state index in [9.17, 15) is 9.59 Å². The highest BCUT2D eigenvalue weighted by molar-refractivity contribution is 7.10. The number of nitrogens with zero attached hydrogens (tertiary/aromatic N) is 2. The Morgan fingerprint density at radius 1 is 1.08 bits per heavy atom. The summed E-state index contributed by atoms with van der Waals surface area (Å²) in [5.74, 6) is -0.144. The lowest BCUT2D eigenvalue weighted by Crippen LogP contribution is -2.48. The summed E-state index contributed by atoms with van der Waals surface area (Å²) in [5.41, 5.74) is 4.63. The molecular weight excluding hydrogens is 476 g/mol. The lowest BCUT2D eigenvalue weighted by Gasteiger charge is -2.38. The predicted molar refractivity (Wildman–Crippen MR) is 154 cm³/mol. The van der Waals surface area contributed by atoms with Crippen molar-refractivity contribution in [2.24, 2.45) is 0 Å². The molecule has 0 spiro atoms. The van der Waals surface area contributed by atoms with Gasteiger partial charge in [-0.1, -0.05) is 82.3 Å². The first-order valence-corrected chi connectivity index (χ1v) is 14.1. The first-order valence-electron chi connectivity index (χ1n) is 13.2. The third kappa shape index (κ3) is 6.22. The van der Waals surface area contributed by atoms with Crippen molar-refractivity contribution < 1.29 is 9.59 Å². The Morgan fingerprint density at radius 2 is 1.78 bits per heavy atom. The Bertz CT molecular complexity index is 1240. The highest BCUT2D eigenvalue weighted by atomic mass is 32.1. The van der Waals surface area contributed by atoms with Crippen LogP contribution in [0.15, 0.2) is 72.1 Å². The van der Waals surface area contributed by atoms with E-state index >= 15 is 0 Å². The molecule has 0 N–H and O–H groups in total. The molecule has 37 heavy (non-hydrogen) atoms. The molecule has 0 fully saturated rings. The van der Waals surface area contributed by atoms with E-state index in [0.717, 1.165) is 24.0 Å². The molecule has 5 heteroatoms. The molecule has 2 heterocycles. The van der Waals surface area contributed by atoms with Gasteiger partial charge in [-0.2, -0.15) is 0 Å². The predicted octanol–water partition coefficient (Wildman–Crippen LogP) is 6.86. The SMILES string of the molecule is CC[C@H](C)N(CC(=O)N1CCc2sccc2[C@@H]1c1ccc(C(C)(C)C)cc1)C(=O)/C=C/c1ccccc1. The molecule has 1 aliphatic rings. The zero-order valence-electron chi connectivity index (χ0n) is 22.6. The third-order valence-electron chi connectivity index (χ3n) is 7.31. The zero-order chi connectivity index (χ0) is 26.6. The standard InChI is InChI=1S/C32H38N2O2S/c1-6-23(2)34(29(35)17-12-24-10-8-7-9-11-24)22-30(36)33-20-18-28-27(19-21-37-28)31(33)25-13-15-26(16-14-25)32(3,4)5/h7-17,19,21,23,31H,6,18,20,22H2,1-5H3/b17-12+/t23-,31-/m0/s1. The number of carbonyl (C=O) groups is 2. The lowest BCUT2D eigenvalue weighted by atomic mass is 9.85. The van der Waals surface area contributed by atoms with E-state index in [-0.39, 0.29) is 35.9 Å². The van der Waals surface area contributed by atoms with Gasteiger partial charge in [-0.3, -0.25) is 9.59 Å². The van der Waals surface area contributed by atoms with Crippen LogP contribution >= 0.6 is 11.3 Å². The van der Waals surface area contributed by atoms with Crippen molar-refractivity contribution in [3.8, 4) is 0 Å². The summed E-state index contributed by atoms with van der Waals surface area (Å²) in [6.07, 6.45) is 5.04. The Labute approximate surface area is 225 Å². The highest BCUT2D eigenvalue weighted by Crippen LogP contribution is 2.38. The number of rotatable bonds is 7. The van der Waals surface area contributed by atoms with Crippen molar-refractivity contribution in [3.63, 3.8) is 0 Å². The third-order valence-corrected chi connectivity index (χ3v) is 8.30. The van der Waals surface area contributed by atoms with Gasteiger partial charge in [0.25, 0.3) is 0 Å². The van der Waals surface area contributed by atoms with Crippen molar-refractivity contribution in [1.82, 2.24) is 9.80 Å². The molecule has 2 amide bonds. The van der Waals surface area contributed by atoms with Crippen molar-refractivity contribution >= 4 is 29.2 Å². The quantitative estimate of drug-likeness (QED) is 0.323. The zero-order valence-corrected chi connectivity index (χ0v) is 23.4. The van der Waals surface area contributed by atoms with E-state index in [0.29, 0.717) is 6.54 Å². The van der Waals surface area contributed by atoms with Crippen LogP contribution in [0, 0.1) is 0 Å².